The van der Waals surface area contributed by atoms with E-state index in [0.717, 1.165) is 31.9 Å². The molecule has 3 N–H and O–H groups in total. The van der Waals surface area contributed by atoms with E-state index in [-0.39, 0.29) is 12.5 Å². The van der Waals surface area contributed by atoms with E-state index in [1.165, 1.54) is 5.56 Å². The van der Waals surface area contributed by atoms with Gasteiger partial charge >= 0.3 is 0 Å². The average molecular weight is 472 g/mol. The van der Waals surface area contributed by atoms with Gasteiger partial charge in [0.2, 0.25) is 11.8 Å². The largest absolute Gasteiger partial charge is 0.378 e. The van der Waals surface area contributed by atoms with Gasteiger partial charge in [-0.25, -0.2) is 0 Å². The Balaban J connectivity index is 1.33. The van der Waals surface area contributed by atoms with Crippen molar-refractivity contribution in [3.8, 4) is 0 Å². The molecule has 0 saturated carbocycles. The summed E-state index contributed by atoms with van der Waals surface area (Å²) in [6.07, 6.45) is 0. The number of benzene rings is 2. The van der Waals surface area contributed by atoms with Crippen molar-refractivity contribution in [1.29, 1.82) is 0 Å². The molecule has 4 rings (SSSR count). The van der Waals surface area contributed by atoms with Gasteiger partial charge in [-0.15, -0.1) is 0 Å². The van der Waals surface area contributed by atoms with Gasteiger partial charge in [0.05, 0.1) is 30.5 Å². The quantitative estimate of drug-likeness (QED) is 0.639. The number of anilines is 2. The van der Waals surface area contributed by atoms with Crippen LogP contribution in [0.25, 0.3) is 0 Å². The first-order valence-electron chi connectivity index (χ1n) is 11.2. The van der Waals surface area contributed by atoms with Crippen LogP contribution in [0.1, 0.15) is 5.56 Å². The Morgan fingerprint density at radius 2 is 1.82 bits per heavy atom. The third kappa shape index (κ3) is 6.23. The van der Waals surface area contributed by atoms with Gasteiger partial charge in [-0.2, -0.15) is 0 Å². The molecule has 176 valence electrons. The minimum absolute atomic E-state index is 0.0929. The number of carbonyl (C=O) groups is 2. The Kier molecular flexibility index (Phi) is 7.82. The van der Waals surface area contributed by atoms with E-state index in [4.69, 9.17) is 22.1 Å². The van der Waals surface area contributed by atoms with E-state index in [1.807, 2.05) is 35.2 Å². The van der Waals surface area contributed by atoms with Crippen molar-refractivity contribution in [3.05, 3.63) is 59.1 Å². The molecule has 33 heavy (non-hydrogen) atoms. The second-order valence-corrected chi connectivity index (χ2v) is 8.83. The molecule has 2 aliphatic heterocycles. The number of hydrogen-bond donors (Lipinski definition) is 2. The van der Waals surface area contributed by atoms with Crippen molar-refractivity contribution in [1.82, 2.24) is 9.80 Å². The van der Waals surface area contributed by atoms with E-state index >= 15 is 0 Å². The van der Waals surface area contributed by atoms with Crippen LogP contribution in [0.4, 0.5) is 11.4 Å². The van der Waals surface area contributed by atoms with Gasteiger partial charge in [-0.05, 0) is 23.8 Å². The van der Waals surface area contributed by atoms with Crippen molar-refractivity contribution >= 4 is 34.8 Å². The van der Waals surface area contributed by atoms with Crippen LogP contribution in [0.5, 0.6) is 0 Å². The first-order chi connectivity index (χ1) is 16.0. The number of nitrogens with one attached hydrogen (secondary N) is 1. The maximum Gasteiger partial charge on any atom is 0.238 e. The third-order valence-electron chi connectivity index (χ3n) is 6.08. The summed E-state index contributed by atoms with van der Waals surface area (Å²) in [5.41, 5.74) is 8.42. The molecule has 9 heteroatoms. The lowest BCUT2D eigenvalue weighted by atomic mass is 10.1. The van der Waals surface area contributed by atoms with Crippen molar-refractivity contribution in [2.24, 2.45) is 5.73 Å². The Labute approximate surface area is 199 Å². The van der Waals surface area contributed by atoms with Crippen LogP contribution in [0.2, 0.25) is 5.02 Å². The molecule has 0 aromatic heterocycles. The molecule has 0 spiro atoms. The van der Waals surface area contributed by atoms with Gasteiger partial charge in [0.15, 0.2) is 0 Å². The number of primary amides is 1. The number of rotatable bonds is 7. The van der Waals surface area contributed by atoms with Crippen LogP contribution in [0, 0.1) is 0 Å². The van der Waals surface area contributed by atoms with Crippen LogP contribution < -0.4 is 16.0 Å². The summed E-state index contributed by atoms with van der Waals surface area (Å²) in [6.45, 7) is 5.61. The first kappa shape index (κ1) is 23.5. The van der Waals surface area contributed by atoms with Crippen LogP contribution in [0.3, 0.4) is 0 Å². The lowest BCUT2D eigenvalue weighted by Crippen LogP contribution is -2.59. The average Bonchev–Trinajstić information content (AvgIpc) is 2.81. The number of ether oxygens (including phenoxy) is 1. The minimum Gasteiger partial charge on any atom is -0.378 e. The number of nitrogens with two attached hydrogens (primary N) is 1. The number of carbonyl (C=O) groups excluding carboxylic acids is 2. The topological polar surface area (TPSA) is 91.1 Å². The van der Waals surface area contributed by atoms with E-state index in [1.54, 1.807) is 6.07 Å². The zero-order valence-electron chi connectivity index (χ0n) is 18.6. The minimum atomic E-state index is -0.513. The number of piperazine rings is 1. The number of amides is 2. The smallest absolute Gasteiger partial charge is 0.238 e. The predicted octanol–water partition coefficient (Wildman–Crippen LogP) is 1.79. The number of nitrogens with zero attached hydrogens (tertiary/aromatic N) is 3. The monoisotopic (exact) mass is 471 g/mol. The zero-order chi connectivity index (χ0) is 23.2. The van der Waals surface area contributed by atoms with Crippen molar-refractivity contribution in [3.63, 3.8) is 0 Å². The molecule has 0 aliphatic carbocycles. The molecule has 2 aromatic rings. The molecule has 2 heterocycles. The summed E-state index contributed by atoms with van der Waals surface area (Å²) in [7, 11) is 0. The summed E-state index contributed by atoms with van der Waals surface area (Å²) in [6, 6.07) is 15.1. The summed E-state index contributed by atoms with van der Waals surface area (Å²) in [5, 5.41) is 3.48. The summed E-state index contributed by atoms with van der Waals surface area (Å²) >= 11 is 6.47. The fourth-order valence-electron chi connectivity index (χ4n) is 4.35. The van der Waals surface area contributed by atoms with Crippen molar-refractivity contribution in [2.45, 2.75) is 12.6 Å². The Morgan fingerprint density at radius 1 is 1.06 bits per heavy atom. The van der Waals surface area contributed by atoms with E-state index in [2.05, 4.69) is 27.2 Å². The lowest BCUT2D eigenvalue weighted by molar-refractivity contribution is -0.127. The molecule has 2 aromatic carbocycles. The standard InChI is InChI=1S/C24H30ClN5O3/c25-20-14-19(6-7-21(20)29-10-12-33-13-11-29)27-23(31)17-30-9-8-28(16-22(30)24(26)32)15-18-4-2-1-3-5-18/h1-7,14,22H,8-13,15-17H2,(H2,26,32)(H,27,31). The van der Waals surface area contributed by atoms with Gasteiger partial charge in [0.1, 0.15) is 6.04 Å². The molecule has 1 unspecified atom stereocenters. The molecule has 2 saturated heterocycles. The summed E-state index contributed by atoms with van der Waals surface area (Å²) in [5.74, 6) is -0.619. The molecule has 8 nitrogen and oxygen atoms in total. The Hall–Kier alpha value is -2.65. The van der Waals surface area contributed by atoms with Crippen LogP contribution >= 0.6 is 11.6 Å². The maximum atomic E-state index is 12.7. The third-order valence-corrected chi connectivity index (χ3v) is 6.39. The first-order valence-corrected chi connectivity index (χ1v) is 11.6. The molecular weight excluding hydrogens is 442 g/mol. The highest BCUT2D eigenvalue weighted by Crippen LogP contribution is 2.29. The maximum absolute atomic E-state index is 12.7. The lowest BCUT2D eigenvalue weighted by Gasteiger charge is -2.39. The SMILES string of the molecule is NC(=O)C1CN(Cc2ccccc2)CCN1CC(=O)Nc1ccc(N2CCOCC2)c(Cl)c1. The second-order valence-electron chi connectivity index (χ2n) is 8.42. The number of halogens is 1. The fourth-order valence-corrected chi connectivity index (χ4v) is 4.65. The normalized spacial score (nSPS) is 19.9. The van der Waals surface area contributed by atoms with E-state index in [0.29, 0.717) is 37.0 Å². The van der Waals surface area contributed by atoms with Gasteiger partial charge in [0.25, 0.3) is 0 Å². The summed E-state index contributed by atoms with van der Waals surface area (Å²) in [4.78, 5) is 31.1. The number of hydrogen-bond acceptors (Lipinski definition) is 6. The highest BCUT2D eigenvalue weighted by molar-refractivity contribution is 6.33. The molecular formula is C24H30ClN5O3. The highest BCUT2D eigenvalue weighted by Gasteiger charge is 2.32. The highest BCUT2D eigenvalue weighted by atomic mass is 35.5. The van der Waals surface area contributed by atoms with E-state index in [9.17, 15) is 9.59 Å². The van der Waals surface area contributed by atoms with Gasteiger partial charge in [-0.3, -0.25) is 19.4 Å². The molecule has 1 atom stereocenters. The predicted molar refractivity (Wildman–Crippen MR) is 129 cm³/mol. The zero-order valence-corrected chi connectivity index (χ0v) is 19.3. The van der Waals surface area contributed by atoms with Gasteiger partial charge in [0, 0.05) is 45.0 Å². The van der Waals surface area contributed by atoms with E-state index < -0.39 is 11.9 Å². The molecule has 0 radical (unpaired) electrons. The van der Waals surface area contributed by atoms with Crippen molar-refractivity contribution in [2.75, 3.05) is 62.7 Å². The van der Waals surface area contributed by atoms with Gasteiger partial charge in [-0.1, -0.05) is 41.9 Å². The van der Waals surface area contributed by atoms with Crippen molar-refractivity contribution < 1.29 is 14.3 Å². The fraction of sp³-hybridized carbons (Fsp3) is 0.417. The number of morpholine rings is 1. The molecule has 0 bridgehead atoms. The Morgan fingerprint density at radius 3 is 2.52 bits per heavy atom. The van der Waals surface area contributed by atoms with Crippen LogP contribution in [0.15, 0.2) is 48.5 Å². The van der Waals surface area contributed by atoms with Crippen LogP contribution in [-0.4, -0.2) is 80.1 Å². The Bertz CT molecular complexity index is 968. The summed E-state index contributed by atoms with van der Waals surface area (Å²) < 4.78 is 5.39. The van der Waals surface area contributed by atoms with Gasteiger partial charge < -0.3 is 20.7 Å². The molecule has 2 fully saturated rings. The van der Waals surface area contributed by atoms with Crippen LogP contribution in [-0.2, 0) is 20.9 Å². The second kappa shape index (κ2) is 11.0. The molecule has 2 aliphatic rings. The molecule has 2 amide bonds.